The summed E-state index contributed by atoms with van der Waals surface area (Å²) in [5, 5.41) is 19.7. The maximum atomic E-state index is 11.4. The molecule has 1 rings (SSSR count). The van der Waals surface area contributed by atoms with Crippen LogP contribution in [0.25, 0.3) is 0 Å². The third-order valence-electron chi connectivity index (χ3n) is 1.89. The maximum absolute atomic E-state index is 11.4. The van der Waals surface area contributed by atoms with E-state index in [4.69, 9.17) is 10.2 Å². The summed E-state index contributed by atoms with van der Waals surface area (Å²) in [4.78, 5) is 38.2. The highest BCUT2D eigenvalue weighted by atomic mass is 16.4. The van der Waals surface area contributed by atoms with Gasteiger partial charge in [-0.2, -0.15) is 0 Å². The van der Waals surface area contributed by atoms with Crippen molar-refractivity contribution in [3.63, 3.8) is 0 Å². The zero-order chi connectivity index (χ0) is 12.8. The fourth-order valence-corrected chi connectivity index (χ4v) is 1.00. The Balaban J connectivity index is 2.43. The number of aliphatic carboxylic acids is 1. The van der Waals surface area contributed by atoms with Crippen molar-refractivity contribution < 1.29 is 19.8 Å². The second-order valence-electron chi connectivity index (χ2n) is 3.19. The zero-order valence-corrected chi connectivity index (χ0v) is 8.71. The van der Waals surface area contributed by atoms with Gasteiger partial charge in [0, 0.05) is 19.2 Å². The summed E-state index contributed by atoms with van der Waals surface area (Å²) in [6, 6.07) is 0. The molecule has 1 heterocycles. The first kappa shape index (κ1) is 12.8. The molecule has 0 spiro atoms. The number of carbonyl (C=O) groups is 2. The van der Waals surface area contributed by atoms with Crippen LogP contribution in [-0.4, -0.2) is 44.7 Å². The number of aromatic nitrogens is 2. The average Bonchev–Trinajstić information content (AvgIpc) is 2.29. The largest absolute Gasteiger partial charge is 0.479 e. The quantitative estimate of drug-likeness (QED) is 0.487. The van der Waals surface area contributed by atoms with E-state index in [-0.39, 0.29) is 18.7 Å². The van der Waals surface area contributed by atoms with Crippen LogP contribution in [0.5, 0.6) is 0 Å². The Bertz CT molecular complexity index is 449. The molecular weight excluding hydrogens is 230 g/mol. The van der Waals surface area contributed by atoms with E-state index in [0.29, 0.717) is 0 Å². The minimum Gasteiger partial charge on any atom is -0.479 e. The lowest BCUT2D eigenvalue weighted by Gasteiger charge is -2.06. The molecule has 0 aliphatic rings. The Morgan fingerprint density at radius 1 is 1.53 bits per heavy atom. The SMILES string of the molecule is O=C(NCC[C@H](O)C(=O)O)c1c[nH]c(=O)cn1. The number of carboxylic acid groups (broad SMARTS) is 1. The van der Waals surface area contributed by atoms with Crippen LogP contribution >= 0.6 is 0 Å². The lowest BCUT2D eigenvalue weighted by Crippen LogP contribution is -2.30. The topological polar surface area (TPSA) is 132 Å². The highest BCUT2D eigenvalue weighted by molar-refractivity contribution is 5.91. The summed E-state index contributed by atoms with van der Waals surface area (Å²) >= 11 is 0. The number of carbonyl (C=O) groups excluding carboxylic acids is 1. The van der Waals surface area contributed by atoms with E-state index in [0.717, 1.165) is 12.4 Å². The number of aliphatic hydroxyl groups excluding tert-OH is 1. The Kier molecular flexibility index (Phi) is 4.35. The summed E-state index contributed by atoms with van der Waals surface area (Å²) < 4.78 is 0. The first-order valence-electron chi connectivity index (χ1n) is 4.74. The number of H-pyrrole nitrogens is 1. The third kappa shape index (κ3) is 4.03. The van der Waals surface area contributed by atoms with E-state index in [9.17, 15) is 14.4 Å². The third-order valence-corrected chi connectivity index (χ3v) is 1.89. The van der Waals surface area contributed by atoms with Crippen LogP contribution in [0.4, 0.5) is 0 Å². The molecule has 92 valence electrons. The highest BCUT2D eigenvalue weighted by Crippen LogP contribution is 1.92. The molecule has 0 unspecified atom stereocenters. The predicted octanol–water partition coefficient (Wildman–Crippen LogP) is -1.66. The first-order chi connectivity index (χ1) is 8.00. The predicted molar refractivity (Wildman–Crippen MR) is 55.5 cm³/mol. The first-order valence-corrected chi connectivity index (χ1v) is 4.74. The lowest BCUT2D eigenvalue weighted by atomic mass is 10.2. The van der Waals surface area contributed by atoms with Crippen LogP contribution in [-0.2, 0) is 4.79 Å². The minimum absolute atomic E-state index is 0.00684. The van der Waals surface area contributed by atoms with Crippen molar-refractivity contribution in [1.82, 2.24) is 15.3 Å². The molecule has 4 N–H and O–H groups in total. The molecule has 0 radical (unpaired) electrons. The van der Waals surface area contributed by atoms with Crippen molar-refractivity contribution in [3.05, 3.63) is 28.4 Å². The Labute approximate surface area is 95.3 Å². The van der Waals surface area contributed by atoms with Crippen LogP contribution in [0, 0.1) is 0 Å². The number of nitrogens with zero attached hydrogens (tertiary/aromatic N) is 1. The van der Waals surface area contributed by atoms with Gasteiger partial charge in [0.1, 0.15) is 5.69 Å². The van der Waals surface area contributed by atoms with Crippen molar-refractivity contribution >= 4 is 11.9 Å². The number of aliphatic hydroxyl groups is 1. The van der Waals surface area contributed by atoms with Crippen molar-refractivity contribution in [3.8, 4) is 0 Å². The van der Waals surface area contributed by atoms with E-state index >= 15 is 0 Å². The van der Waals surface area contributed by atoms with Crippen molar-refractivity contribution in [2.45, 2.75) is 12.5 Å². The second kappa shape index (κ2) is 5.75. The molecule has 0 bridgehead atoms. The molecule has 8 heteroatoms. The van der Waals surface area contributed by atoms with E-state index in [1.165, 1.54) is 0 Å². The lowest BCUT2D eigenvalue weighted by molar-refractivity contribution is -0.146. The number of amides is 1. The molecule has 0 fully saturated rings. The minimum atomic E-state index is -1.51. The number of rotatable bonds is 5. The summed E-state index contributed by atoms with van der Waals surface area (Å²) in [5.41, 5.74) is -0.419. The normalized spacial score (nSPS) is 11.8. The van der Waals surface area contributed by atoms with Crippen LogP contribution in [0.3, 0.4) is 0 Å². The van der Waals surface area contributed by atoms with Gasteiger partial charge in [-0.3, -0.25) is 9.59 Å². The summed E-state index contributed by atoms with van der Waals surface area (Å²) in [7, 11) is 0. The number of carboxylic acids is 1. The van der Waals surface area contributed by atoms with Gasteiger partial charge < -0.3 is 20.5 Å². The molecular formula is C9H11N3O5. The van der Waals surface area contributed by atoms with E-state index in [2.05, 4.69) is 15.3 Å². The standard InChI is InChI=1S/C9H11N3O5/c13-6(9(16)17)1-2-10-8(15)5-3-12-7(14)4-11-5/h3-4,6,13H,1-2H2,(H,10,15)(H,12,14)(H,16,17)/t6-/m0/s1. The summed E-state index contributed by atoms with van der Waals surface area (Å²) in [5.74, 6) is -1.90. The van der Waals surface area contributed by atoms with Gasteiger partial charge in [0.2, 0.25) is 0 Å². The van der Waals surface area contributed by atoms with Gasteiger partial charge in [-0.25, -0.2) is 9.78 Å². The molecule has 0 aromatic carbocycles. The van der Waals surface area contributed by atoms with Crippen LogP contribution < -0.4 is 10.9 Å². The van der Waals surface area contributed by atoms with Crippen molar-refractivity contribution in [2.24, 2.45) is 0 Å². The molecule has 1 atom stereocenters. The molecule has 1 aromatic heterocycles. The average molecular weight is 241 g/mol. The Morgan fingerprint density at radius 3 is 2.76 bits per heavy atom. The molecule has 0 saturated heterocycles. The zero-order valence-electron chi connectivity index (χ0n) is 8.71. The smallest absolute Gasteiger partial charge is 0.332 e. The van der Waals surface area contributed by atoms with Crippen LogP contribution in [0.2, 0.25) is 0 Å². The number of hydrogen-bond donors (Lipinski definition) is 4. The number of aromatic amines is 1. The van der Waals surface area contributed by atoms with Crippen molar-refractivity contribution in [1.29, 1.82) is 0 Å². The summed E-state index contributed by atoms with van der Waals surface area (Å²) in [6.45, 7) is -0.00684. The summed E-state index contributed by atoms with van der Waals surface area (Å²) in [6.07, 6.45) is 0.482. The van der Waals surface area contributed by atoms with Gasteiger partial charge >= 0.3 is 5.97 Å². The number of hydrogen-bond acceptors (Lipinski definition) is 5. The monoisotopic (exact) mass is 241 g/mol. The van der Waals surface area contributed by atoms with Gasteiger partial charge in [0.05, 0.1) is 6.20 Å². The van der Waals surface area contributed by atoms with E-state index in [1.807, 2.05) is 0 Å². The van der Waals surface area contributed by atoms with Gasteiger partial charge in [-0.1, -0.05) is 0 Å². The molecule has 0 aliphatic carbocycles. The fourth-order valence-electron chi connectivity index (χ4n) is 1.00. The van der Waals surface area contributed by atoms with E-state index < -0.39 is 23.5 Å². The molecule has 17 heavy (non-hydrogen) atoms. The van der Waals surface area contributed by atoms with Gasteiger partial charge in [0.15, 0.2) is 6.10 Å². The van der Waals surface area contributed by atoms with Gasteiger partial charge in [0.25, 0.3) is 11.5 Å². The van der Waals surface area contributed by atoms with E-state index in [1.54, 1.807) is 0 Å². The number of nitrogens with one attached hydrogen (secondary N) is 2. The molecule has 0 aliphatic heterocycles. The molecule has 1 amide bonds. The Morgan fingerprint density at radius 2 is 2.24 bits per heavy atom. The highest BCUT2D eigenvalue weighted by Gasteiger charge is 2.13. The molecule has 8 nitrogen and oxygen atoms in total. The van der Waals surface area contributed by atoms with Crippen LogP contribution in [0.1, 0.15) is 16.9 Å². The van der Waals surface area contributed by atoms with Gasteiger partial charge in [-0.05, 0) is 0 Å². The second-order valence-corrected chi connectivity index (χ2v) is 3.19. The van der Waals surface area contributed by atoms with Gasteiger partial charge in [-0.15, -0.1) is 0 Å². The fraction of sp³-hybridized carbons (Fsp3) is 0.333. The van der Waals surface area contributed by atoms with Crippen molar-refractivity contribution in [2.75, 3.05) is 6.54 Å². The molecule has 0 saturated carbocycles. The Hall–Kier alpha value is -2.22. The maximum Gasteiger partial charge on any atom is 0.332 e. The van der Waals surface area contributed by atoms with Crippen LogP contribution in [0.15, 0.2) is 17.2 Å². The molecule has 1 aromatic rings.